The number of piperazine rings is 1. The number of ether oxygens (including phenoxy) is 1. The topological polar surface area (TPSA) is 15.7 Å². The lowest BCUT2D eigenvalue weighted by Gasteiger charge is -2.37. The first-order valence-electron chi connectivity index (χ1n) is 11.0. The van der Waals surface area contributed by atoms with Crippen LogP contribution in [0.4, 0.5) is 23.2 Å². The van der Waals surface area contributed by atoms with Crippen molar-refractivity contribution in [3.05, 3.63) is 95.8 Å². The van der Waals surface area contributed by atoms with Crippen molar-refractivity contribution >= 4 is 18.1 Å². The molecule has 0 N–H and O–H groups in total. The quantitative estimate of drug-likeness (QED) is 0.344. The average molecular weight is 495 g/mol. The zero-order chi connectivity index (χ0) is 23.3. The van der Waals surface area contributed by atoms with Gasteiger partial charge in [-0.15, -0.1) is 12.4 Å². The van der Waals surface area contributed by atoms with Crippen LogP contribution in [0.3, 0.4) is 0 Å². The van der Waals surface area contributed by atoms with Crippen molar-refractivity contribution in [3.8, 4) is 5.75 Å². The van der Waals surface area contributed by atoms with Gasteiger partial charge in [0.25, 0.3) is 0 Å². The van der Waals surface area contributed by atoms with Crippen molar-refractivity contribution in [2.24, 2.45) is 0 Å². The SMILES string of the molecule is Cl.Fc1ccc(OC(CCN2CCN(c3cccc(C(F)(F)F)c3)CC2)c2ccccc2)cc1. The zero-order valence-electron chi connectivity index (χ0n) is 18.5. The summed E-state index contributed by atoms with van der Waals surface area (Å²) in [6, 6.07) is 21.4. The van der Waals surface area contributed by atoms with Crippen LogP contribution < -0.4 is 9.64 Å². The van der Waals surface area contributed by atoms with Gasteiger partial charge in [0.05, 0.1) is 5.56 Å². The van der Waals surface area contributed by atoms with Crippen molar-refractivity contribution in [2.75, 3.05) is 37.6 Å². The highest BCUT2D eigenvalue weighted by molar-refractivity contribution is 5.85. The number of hydrogen-bond acceptors (Lipinski definition) is 3. The molecule has 1 fully saturated rings. The van der Waals surface area contributed by atoms with Crippen LogP contribution in [-0.2, 0) is 6.18 Å². The molecule has 0 radical (unpaired) electrons. The Morgan fingerprint density at radius 2 is 1.50 bits per heavy atom. The molecule has 0 amide bonds. The fourth-order valence-electron chi connectivity index (χ4n) is 4.05. The maximum absolute atomic E-state index is 13.3. The van der Waals surface area contributed by atoms with Crippen LogP contribution in [-0.4, -0.2) is 37.6 Å². The minimum Gasteiger partial charge on any atom is -0.486 e. The van der Waals surface area contributed by atoms with Gasteiger partial charge in [-0.05, 0) is 48.0 Å². The normalized spacial score (nSPS) is 15.5. The van der Waals surface area contributed by atoms with E-state index in [1.165, 1.54) is 24.3 Å². The van der Waals surface area contributed by atoms with Gasteiger partial charge >= 0.3 is 6.18 Å². The highest BCUT2D eigenvalue weighted by Crippen LogP contribution is 2.32. The third kappa shape index (κ3) is 6.87. The molecule has 3 aromatic rings. The number of alkyl halides is 3. The largest absolute Gasteiger partial charge is 0.486 e. The van der Waals surface area contributed by atoms with Crippen LogP contribution in [0.15, 0.2) is 78.9 Å². The van der Waals surface area contributed by atoms with Crippen LogP contribution in [0.5, 0.6) is 5.75 Å². The van der Waals surface area contributed by atoms with Gasteiger partial charge in [0, 0.05) is 44.8 Å². The highest BCUT2D eigenvalue weighted by Gasteiger charge is 2.31. The van der Waals surface area contributed by atoms with Crippen molar-refractivity contribution in [1.82, 2.24) is 4.90 Å². The molecule has 1 heterocycles. The van der Waals surface area contributed by atoms with Crippen molar-refractivity contribution in [1.29, 1.82) is 0 Å². The van der Waals surface area contributed by atoms with E-state index in [-0.39, 0.29) is 24.3 Å². The van der Waals surface area contributed by atoms with Gasteiger partial charge in [0.1, 0.15) is 17.7 Å². The number of rotatable bonds is 7. The summed E-state index contributed by atoms with van der Waals surface area (Å²) in [5.41, 5.74) is 1.03. The molecule has 8 heteroatoms. The molecule has 1 aliphatic rings. The molecule has 0 aromatic heterocycles. The van der Waals surface area contributed by atoms with Gasteiger partial charge in [-0.25, -0.2) is 4.39 Å². The molecule has 0 saturated carbocycles. The summed E-state index contributed by atoms with van der Waals surface area (Å²) < 4.78 is 58.5. The predicted octanol–water partition coefficient (Wildman–Crippen LogP) is 6.60. The lowest BCUT2D eigenvalue weighted by atomic mass is 10.1. The Balaban J connectivity index is 0.00000324. The summed E-state index contributed by atoms with van der Waals surface area (Å²) in [4.78, 5) is 4.30. The molecule has 4 rings (SSSR count). The molecular formula is C26H27ClF4N2O. The van der Waals surface area contributed by atoms with Gasteiger partial charge < -0.3 is 9.64 Å². The number of benzene rings is 3. The van der Waals surface area contributed by atoms with E-state index in [9.17, 15) is 17.6 Å². The Kier molecular flexibility index (Phi) is 8.80. The Labute approximate surface area is 203 Å². The number of anilines is 1. The molecule has 1 saturated heterocycles. The van der Waals surface area contributed by atoms with Crippen LogP contribution in [0, 0.1) is 5.82 Å². The van der Waals surface area contributed by atoms with Gasteiger partial charge in [-0.3, -0.25) is 4.90 Å². The molecule has 1 aliphatic heterocycles. The molecular weight excluding hydrogens is 468 g/mol. The predicted molar refractivity (Wildman–Crippen MR) is 128 cm³/mol. The van der Waals surface area contributed by atoms with Gasteiger partial charge in [0.2, 0.25) is 0 Å². The molecule has 182 valence electrons. The Hall–Kier alpha value is -2.77. The van der Waals surface area contributed by atoms with Crippen LogP contribution >= 0.6 is 12.4 Å². The standard InChI is InChI=1S/C26H26F4N2O.ClH/c27-22-9-11-24(12-10-22)33-25(20-5-2-1-3-6-20)13-14-31-15-17-32(18-16-31)23-8-4-7-21(19-23)26(28,29)30;/h1-12,19,25H,13-18H2;1H. The van der Waals surface area contributed by atoms with E-state index in [1.54, 1.807) is 18.2 Å². The van der Waals surface area contributed by atoms with E-state index in [0.29, 0.717) is 24.5 Å². The lowest BCUT2D eigenvalue weighted by molar-refractivity contribution is -0.137. The van der Waals surface area contributed by atoms with E-state index in [1.807, 2.05) is 35.2 Å². The van der Waals surface area contributed by atoms with Crippen molar-refractivity contribution in [2.45, 2.75) is 18.7 Å². The van der Waals surface area contributed by atoms with Crippen molar-refractivity contribution < 1.29 is 22.3 Å². The number of halogens is 5. The summed E-state index contributed by atoms with van der Waals surface area (Å²) in [6.45, 7) is 3.63. The molecule has 34 heavy (non-hydrogen) atoms. The van der Waals surface area contributed by atoms with E-state index < -0.39 is 11.7 Å². The molecule has 3 nitrogen and oxygen atoms in total. The lowest BCUT2D eigenvalue weighted by Crippen LogP contribution is -2.47. The summed E-state index contributed by atoms with van der Waals surface area (Å²) in [5, 5.41) is 0. The van der Waals surface area contributed by atoms with E-state index in [4.69, 9.17) is 4.74 Å². The molecule has 1 unspecified atom stereocenters. The minimum absolute atomic E-state index is 0. The van der Waals surface area contributed by atoms with Crippen LogP contribution in [0.25, 0.3) is 0 Å². The first kappa shape index (κ1) is 25.8. The second-order valence-corrected chi connectivity index (χ2v) is 8.14. The van der Waals surface area contributed by atoms with E-state index >= 15 is 0 Å². The maximum atomic E-state index is 13.3. The first-order chi connectivity index (χ1) is 15.9. The van der Waals surface area contributed by atoms with E-state index in [2.05, 4.69) is 4.90 Å². The summed E-state index contributed by atoms with van der Waals surface area (Å²) in [6.07, 6.45) is -3.78. The maximum Gasteiger partial charge on any atom is 0.416 e. The second-order valence-electron chi connectivity index (χ2n) is 8.14. The molecule has 0 spiro atoms. The van der Waals surface area contributed by atoms with Gasteiger partial charge in [0.15, 0.2) is 0 Å². The monoisotopic (exact) mass is 494 g/mol. The Bertz CT molecular complexity index is 1020. The molecule has 0 aliphatic carbocycles. The van der Waals surface area contributed by atoms with E-state index in [0.717, 1.165) is 37.7 Å². The fourth-order valence-corrected chi connectivity index (χ4v) is 4.05. The smallest absolute Gasteiger partial charge is 0.416 e. The van der Waals surface area contributed by atoms with Crippen LogP contribution in [0.1, 0.15) is 23.7 Å². The van der Waals surface area contributed by atoms with Crippen molar-refractivity contribution in [3.63, 3.8) is 0 Å². The van der Waals surface area contributed by atoms with Gasteiger partial charge in [-0.2, -0.15) is 13.2 Å². The number of hydrogen-bond donors (Lipinski definition) is 0. The summed E-state index contributed by atoms with van der Waals surface area (Å²) in [5.74, 6) is 0.303. The first-order valence-corrected chi connectivity index (χ1v) is 11.0. The van der Waals surface area contributed by atoms with Crippen LogP contribution in [0.2, 0.25) is 0 Å². The number of nitrogens with zero attached hydrogens (tertiary/aromatic N) is 2. The van der Waals surface area contributed by atoms with Gasteiger partial charge in [-0.1, -0.05) is 36.4 Å². The minimum atomic E-state index is -4.34. The average Bonchev–Trinajstić information content (AvgIpc) is 2.83. The zero-order valence-corrected chi connectivity index (χ0v) is 19.4. The highest BCUT2D eigenvalue weighted by atomic mass is 35.5. The third-order valence-electron chi connectivity index (χ3n) is 5.88. The molecule has 3 aromatic carbocycles. The molecule has 1 atom stereocenters. The third-order valence-corrected chi connectivity index (χ3v) is 5.88. The Morgan fingerprint density at radius 3 is 2.15 bits per heavy atom. The second kappa shape index (κ2) is 11.6. The summed E-state index contributed by atoms with van der Waals surface area (Å²) in [7, 11) is 0. The summed E-state index contributed by atoms with van der Waals surface area (Å²) >= 11 is 0. The fraction of sp³-hybridized carbons (Fsp3) is 0.308. The Morgan fingerprint density at radius 1 is 0.824 bits per heavy atom. The molecule has 0 bridgehead atoms.